The lowest BCUT2D eigenvalue weighted by Gasteiger charge is -2.38. The van der Waals surface area contributed by atoms with Crippen molar-refractivity contribution in [1.82, 2.24) is 20.5 Å². The summed E-state index contributed by atoms with van der Waals surface area (Å²) < 4.78 is 0. The molecule has 0 saturated carbocycles. The average Bonchev–Trinajstić information content (AvgIpc) is 3.09. The van der Waals surface area contributed by atoms with Crippen LogP contribution in [0.2, 0.25) is 5.02 Å². The number of rotatable bonds is 8. The second-order valence-corrected chi connectivity index (χ2v) is 11.7. The highest BCUT2D eigenvalue weighted by Crippen LogP contribution is 2.28. The zero-order valence-electron chi connectivity index (χ0n) is 24.8. The molecule has 1 aromatic heterocycles. The smallest absolute Gasteiger partial charge is 0.257 e. The van der Waals surface area contributed by atoms with Crippen molar-refractivity contribution >= 4 is 40.7 Å². The van der Waals surface area contributed by atoms with Gasteiger partial charge in [0.1, 0.15) is 12.1 Å². The summed E-state index contributed by atoms with van der Waals surface area (Å²) in [5, 5.41) is 10.0. The van der Waals surface area contributed by atoms with Gasteiger partial charge in [0.05, 0.1) is 16.9 Å². The molecular formula is C35H35ClN6O3. The fourth-order valence-electron chi connectivity index (χ4n) is 5.98. The number of carbonyl (C=O) groups excluding carboxylic acids is 3. The van der Waals surface area contributed by atoms with Crippen LogP contribution in [0.15, 0.2) is 97.3 Å². The van der Waals surface area contributed by atoms with Gasteiger partial charge in [-0.2, -0.15) is 0 Å². The number of fused-ring (bicyclic) bond motifs is 1. The van der Waals surface area contributed by atoms with Crippen LogP contribution in [0.4, 0.5) is 11.4 Å². The van der Waals surface area contributed by atoms with Gasteiger partial charge in [-0.25, -0.2) is 0 Å². The molecule has 3 heterocycles. The van der Waals surface area contributed by atoms with Gasteiger partial charge in [0.25, 0.3) is 5.91 Å². The van der Waals surface area contributed by atoms with E-state index in [1.165, 1.54) is 6.20 Å². The molecule has 1 saturated heterocycles. The van der Waals surface area contributed by atoms with Crippen LogP contribution in [0.25, 0.3) is 0 Å². The number of piperazine rings is 1. The number of amides is 3. The molecule has 45 heavy (non-hydrogen) atoms. The van der Waals surface area contributed by atoms with Gasteiger partial charge in [0.2, 0.25) is 11.8 Å². The van der Waals surface area contributed by atoms with Gasteiger partial charge in [-0.05, 0) is 59.5 Å². The minimum Gasteiger partial charge on any atom is -0.366 e. The van der Waals surface area contributed by atoms with Crippen LogP contribution < -0.4 is 20.9 Å². The zero-order chi connectivity index (χ0) is 31.2. The molecule has 4 aromatic rings. The van der Waals surface area contributed by atoms with Gasteiger partial charge in [-0.3, -0.25) is 19.4 Å². The predicted octanol–water partition coefficient (Wildman–Crippen LogP) is 4.25. The number of aromatic nitrogens is 1. The average molecular weight is 623 g/mol. The SMILES string of the molecule is O=C(Nc1ccccc1N1CCN(C(=O)[C@@H](Cc2ccc(Cl)cc2)NC(=O)C2NCCc3ccccc32)CC1)c1cccnc1. The molecule has 230 valence electrons. The van der Waals surface area contributed by atoms with Crippen molar-refractivity contribution in [2.45, 2.75) is 24.9 Å². The molecule has 3 amide bonds. The van der Waals surface area contributed by atoms with Crippen molar-refractivity contribution in [3.63, 3.8) is 0 Å². The Morgan fingerprint density at radius 1 is 0.911 bits per heavy atom. The van der Waals surface area contributed by atoms with E-state index in [-0.39, 0.29) is 17.7 Å². The number of halogens is 1. The Kier molecular flexibility index (Phi) is 9.38. The maximum atomic E-state index is 14.0. The van der Waals surface area contributed by atoms with Crippen LogP contribution in [0.1, 0.15) is 33.1 Å². The molecule has 0 spiro atoms. The summed E-state index contributed by atoms with van der Waals surface area (Å²) in [5.41, 5.74) is 5.05. The maximum Gasteiger partial charge on any atom is 0.257 e. The summed E-state index contributed by atoms with van der Waals surface area (Å²) >= 11 is 6.12. The first kappa shape index (κ1) is 30.3. The Morgan fingerprint density at radius 3 is 2.44 bits per heavy atom. The summed E-state index contributed by atoms with van der Waals surface area (Å²) in [5.74, 6) is -0.577. The lowest BCUT2D eigenvalue weighted by Crippen LogP contribution is -2.57. The summed E-state index contributed by atoms with van der Waals surface area (Å²) in [6.45, 7) is 2.79. The standard InChI is InChI=1S/C35H35ClN6O3/c36-27-13-11-24(12-14-27)22-30(40-34(44)32-28-8-2-1-6-25(28)15-17-38-32)35(45)42-20-18-41(19-21-42)31-10-4-3-9-29(31)39-33(43)26-7-5-16-37-23-26/h1-14,16,23,30,32,38H,15,17-22H2,(H,39,43)(H,40,44)/t30-,32?/m1/s1. The second-order valence-electron chi connectivity index (χ2n) is 11.3. The Morgan fingerprint density at radius 2 is 1.67 bits per heavy atom. The first-order valence-corrected chi connectivity index (χ1v) is 15.5. The molecule has 9 nitrogen and oxygen atoms in total. The number of hydrogen-bond acceptors (Lipinski definition) is 6. The first-order chi connectivity index (χ1) is 22.0. The van der Waals surface area contributed by atoms with E-state index >= 15 is 0 Å². The second kappa shape index (κ2) is 13.9. The lowest BCUT2D eigenvalue weighted by atomic mass is 9.93. The Balaban J connectivity index is 1.15. The minimum absolute atomic E-state index is 0.125. The summed E-state index contributed by atoms with van der Waals surface area (Å²) in [6, 6.07) is 25.1. The van der Waals surface area contributed by atoms with Crippen LogP contribution in [0.5, 0.6) is 0 Å². The molecular weight excluding hydrogens is 588 g/mol. The van der Waals surface area contributed by atoms with Crippen molar-refractivity contribution in [1.29, 1.82) is 0 Å². The highest BCUT2D eigenvalue weighted by atomic mass is 35.5. The molecule has 2 aliphatic rings. The number of carbonyl (C=O) groups is 3. The van der Waals surface area contributed by atoms with E-state index < -0.39 is 12.1 Å². The number of nitrogens with zero attached hydrogens (tertiary/aromatic N) is 3. The molecule has 3 N–H and O–H groups in total. The van der Waals surface area contributed by atoms with Gasteiger partial charge < -0.3 is 25.8 Å². The number of hydrogen-bond donors (Lipinski definition) is 3. The van der Waals surface area contributed by atoms with Crippen molar-refractivity contribution in [3.8, 4) is 0 Å². The molecule has 10 heteroatoms. The number of benzene rings is 3. The molecule has 0 bridgehead atoms. The number of para-hydroxylation sites is 2. The Hall–Kier alpha value is -4.73. The molecule has 6 rings (SSSR count). The molecule has 0 aliphatic carbocycles. The summed E-state index contributed by atoms with van der Waals surface area (Å²) in [4.78, 5) is 48.5. The number of anilines is 2. The summed E-state index contributed by atoms with van der Waals surface area (Å²) in [6.07, 6.45) is 4.36. The third kappa shape index (κ3) is 7.16. The lowest BCUT2D eigenvalue weighted by molar-refractivity contribution is -0.137. The van der Waals surface area contributed by atoms with Crippen LogP contribution in [-0.2, 0) is 22.4 Å². The Bertz CT molecular complexity index is 1660. The van der Waals surface area contributed by atoms with Crippen molar-refractivity contribution < 1.29 is 14.4 Å². The fourth-order valence-corrected chi connectivity index (χ4v) is 6.11. The third-order valence-corrected chi connectivity index (χ3v) is 8.60. The molecule has 1 unspecified atom stereocenters. The molecule has 2 aliphatic heterocycles. The van der Waals surface area contributed by atoms with Crippen LogP contribution >= 0.6 is 11.6 Å². The van der Waals surface area contributed by atoms with E-state index in [1.807, 2.05) is 59.5 Å². The maximum absolute atomic E-state index is 14.0. The van der Waals surface area contributed by atoms with E-state index in [0.717, 1.165) is 28.8 Å². The van der Waals surface area contributed by atoms with Gasteiger partial charge >= 0.3 is 0 Å². The zero-order valence-corrected chi connectivity index (χ0v) is 25.5. The van der Waals surface area contributed by atoms with E-state index in [4.69, 9.17) is 11.6 Å². The van der Waals surface area contributed by atoms with Gasteiger partial charge in [-0.1, -0.05) is 60.1 Å². The minimum atomic E-state index is -0.743. The highest BCUT2D eigenvalue weighted by molar-refractivity contribution is 6.30. The van der Waals surface area contributed by atoms with Gasteiger partial charge in [0, 0.05) is 56.6 Å². The van der Waals surface area contributed by atoms with Crippen molar-refractivity contribution in [2.75, 3.05) is 42.9 Å². The van der Waals surface area contributed by atoms with Crippen molar-refractivity contribution in [2.24, 2.45) is 0 Å². The largest absolute Gasteiger partial charge is 0.366 e. The van der Waals surface area contributed by atoms with Gasteiger partial charge in [-0.15, -0.1) is 0 Å². The third-order valence-electron chi connectivity index (χ3n) is 8.35. The normalized spacial score (nSPS) is 16.8. The van der Waals surface area contributed by atoms with Gasteiger partial charge in [0.15, 0.2) is 0 Å². The number of nitrogens with one attached hydrogen (secondary N) is 3. The highest BCUT2D eigenvalue weighted by Gasteiger charge is 2.33. The Labute approximate surface area is 267 Å². The van der Waals surface area contributed by atoms with Crippen LogP contribution in [-0.4, -0.2) is 66.4 Å². The molecule has 3 aromatic carbocycles. The molecule has 0 radical (unpaired) electrons. The molecule has 2 atom stereocenters. The molecule has 1 fully saturated rings. The summed E-state index contributed by atoms with van der Waals surface area (Å²) in [7, 11) is 0. The topological polar surface area (TPSA) is 107 Å². The monoisotopic (exact) mass is 622 g/mol. The van der Waals surface area contributed by atoms with Crippen LogP contribution in [0.3, 0.4) is 0 Å². The first-order valence-electron chi connectivity index (χ1n) is 15.2. The number of pyridine rings is 1. The fraction of sp³-hybridized carbons (Fsp3) is 0.257. The van der Waals surface area contributed by atoms with E-state index in [0.29, 0.717) is 55.4 Å². The van der Waals surface area contributed by atoms with Crippen LogP contribution in [0, 0.1) is 0 Å². The van der Waals surface area contributed by atoms with E-state index in [2.05, 4.69) is 31.9 Å². The predicted molar refractivity (Wildman–Crippen MR) is 175 cm³/mol. The quantitative estimate of drug-likeness (QED) is 0.271. The van der Waals surface area contributed by atoms with E-state index in [9.17, 15) is 14.4 Å². The van der Waals surface area contributed by atoms with Crippen molar-refractivity contribution in [3.05, 3.63) is 125 Å². The van der Waals surface area contributed by atoms with E-state index in [1.54, 1.807) is 30.5 Å².